The van der Waals surface area contributed by atoms with Crippen molar-refractivity contribution < 1.29 is 4.79 Å². The lowest BCUT2D eigenvalue weighted by Crippen LogP contribution is -2.30. The molecule has 3 rings (SSSR count). The van der Waals surface area contributed by atoms with E-state index in [0.717, 1.165) is 25.9 Å². The van der Waals surface area contributed by atoms with Crippen LogP contribution in [0.3, 0.4) is 0 Å². The molecule has 1 aromatic rings. The van der Waals surface area contributed by atoms with E-state index in [9.17, 15) is 4.79 Å². The lowest BCUT2D eigenvalue weighted by atomic mass is 10.0. The molecule has 0 bridgehead atoms. The Hall–Kier alpha value is -1.06. The topological polar surface area (TPSA) is 41.1 Å². The van der Waals surface area contributed by atoms with Gasteiger partial charge in [-0.3, -0.25) is 4.79 Å². The van der Waals surface area contributed by atoms with E-state index >= 15 is 0 Å². The zero-order chi connectivity index (χ0) is 13.9. The molecule has 2 N–H and O–H groups in total. The van der Waals surface area contributed by atoms with E-state index in [2.05, 4.69) is 41.8 Å². The quantitative estimate of drug-likeness (QED) is 0.898. The first-order valence-corrected chi connectivity index (χ1v) is 7.82. The van der Waals surface area contributed by atoms with Gasteiger partial charge in [0.2, 0.25) is 5.91 Å². The Balaban J connectivity index is 0.00000161. The van der Waals surface area contributed by atoms with E-state index in [1.807, 2.05) is 0 Å². The molecular weight excluding hydrogens is 284 g/mol. The highest BCUT2D eigenvalue weighted by Crippen LogP contribution is 2.35. The predicted molar refractivity (Wildman–Crippen MR) is 87.7 cm³/mol. The third-order valence-electron chi connectivity index (χ3n) is 4.76. The van der Waals surface area contributed by atoms with Crippen LogP contribution in [-0.2, 0) is 11.2 Å². The Bertz CT molecular complexity index is 485. The molecule has 116 valence electrons. The summed E-state index contributed by atoms with van der Waals surface area (Å²) in [5.74, 6) is 1.41. The van der Waals surface area contributed by atoms with E-state index < -0.39 is 0 Å². The number of nitrogens with one attached hydrogen (secondary N) is 2. The molecule has 4 heteroatoms. The molecular formula is C17H25ClN2O. The molecule has 3 unspecified atom stereocenters. The van der Waals surface area contributed by atoms with Crippen LogP contribution in [0.2, 0.25) is 0 Å². The maximum Gasteiger partial charge on any atom is 0.220 e. The molecule has 2 aliphatic rings. The number of halogens is 1. The Morgan fingerprint density at radius 3 is 2.95 bits per heavy atom. The van der Waals surface area contributed by atoms with Crippen LogP contribution in [0.4, 0.5) is 0 Å². The molecule has 3 atom stereocenters. The molecule has 1 amide bonds. The van der Waals surface area contributed by atoms with Gasteiger partial charge in [-0.1, -0.05) is 31.2 Å². The van der Waals surface area contributed by atoms with Crippen molar-refractivity contribution in [3.8, 4) is 0 Å². The van der Waals surface area contributed by atoms with Crippen molar-refractivity contribution in [2.45, 2.75) is 38.6 Å². The minimum Gasteiger partial charge on any atom is -0.349 e. The number of benzene rings is 1. The van der Waals surface area contributed by atoms with Gasteiger partial charge in [-0.25, -0.2) is 0 Å². The van der Waals surface area contributed by atoms with Crippen LogP contribution >= 0.6 is 12.4 Å². The fourth-order valence-electron chi connectivity index (χ4n) is 3.56. The smallest absolute Gasteiger partial charge is 0.220 e. The second-order valence-corrected chi connectivity index (χ2v) is 6.32. The van der Waals surface area contributed by atoms with Crippen molar-refractivity contribution in [1.82, 2.24) is 10.6 Å². The van der Waals surface area contributed by atoms with Crippen LogP contribution in [0.25, 0.3) is 0 Å². The lowest BCUT2D eigenvalue weighted by Gasteiger charge is -2.19. The van der Waals surface area contributed by atoms with Gasteiger partial charge in [-0.15, -0.1) is 12.4 Å². The van der Waals surface area contributed by atoms with Crippen molar-refractivity contribution in [1.29, 1.82) is 0 Å². The van der Waals surface area contributed by atoms with Crippen molar-refractivity contribution in [2.24, 2.45) is 11.8 Å². The van der Waals surface area contributed by atoms with Crippen LogP contribution in [0.15, 0.2) is 24.3 Å². The first-order chi connectivity index (χ1) is 9.74. The molecule has 1 aromatic carbocycles. The fourth-order valence-corrected chi connectivity index (χ4v) is 3.56. The van der Waals surface area contributed by atoms with Crippen molar-refractivity contribution in [2.75, 3.05) is 13.1 Å². The van der Waals surface area contributed by atoms with Crippen molar-refractivity contribution in [3.63, 3.8) is 0 Å². The Morgan fingerprint density at radius 2 is 2.19 bits per heavy atom. The monoisotopic (exact) mass is 308 g/mol. The summed E-state index contributed by atoms with van der Waals surface area (Å²) >= 11 is 0. The molecule has 21 heavy (non-hydrogen) atoms. The number of rotatable bonds is 4. The number of fused-ring (bicyclic) bond motifs is 1. The average Bonchev–Trinajstić information content (AvgIpc) is 3.06. The Kier molecular flexibility index (Phi) is 5.65. The average molecular weight is 309 g/mol. The first-order valence-electron chi connectivity index (χ1n) is 7.82. The SMILES string of the molecule is CC1Cc2ccccc2C1NC(=O)CCC1CCNC1.Cl. The van der Waals surface area contributed by atoms with Gasteiger partial charge in [-0.05, 0) is 55.3 Å². The van der Waals surface area contributed by atoms with E-state index in [-0.39, 0.29) is 24.4 Å². The minimum absolute atomic E-state index is 0. The third-order valence-corrected chi connectivity index (χ3v) is 4.76. The third kappa shape index (κ3) is 3.78. The summed E-state index contributed by atoms with van der Waals surface area (Å²) in [6.07, 6.45) is 3.98. The first kappa shape index (κ1) is 16.3. The second kappa shape index (κ2) is 7.28. The highest BCUT2D eigenvalue weighted by atomic mass is 35.5. The number of amides is 1. The summed E-state index contributed by atoms with van der Waals surface area (Å²) in [5.41, 5.74) is 2.71. The molecule has 0 spiro atoms. The lowest BCUT2D eigenvalue weighted by molar-refractivity contribution is -0.122. The van der Waals surface area contributed by atoms with Gasteiger partial charge < -0.3 is 10.6 Å². The predicted octanol–water partition coefficient (Wildman–Crippen LogP) is 2.85. The van der Waals surface area contributed by atoms with Crippen LogP contribution in [0, 0.1) is 11.8 Å². The normalized spacial score (nSPS) is 27.0. The highest BCUT2D eigenvalue weighted by Gasteiger charge is 2.30. The summed E-state index contributed by atoms with van der Waals surface area (Å²) in [6.45, 7) is 4.42. The van der Waals surface area contributed by atoms with Gasteiger partial charge in [0, 0.05) is 6.42 Å². The van der Waals surface area contributed by atoms with Gasteiger partial charge in [0.1, 0.15) is 0 Å². The van der Waals surface area contributed by atoms with Crippen LogP contribution in [-0.4, -0.2) is 19.0 Å². The van der Waals surface area contributed by atoms with Gasteiger partial charge in [0.15, 0.2) is 0 Å². The standard InChI is InChI=1S/C17H24N2O.ClH/c1-12-10-14-4-2-3-5-15(14)17(12)19-16(20)7-6-13-8-9-18-11-13;/h2-5,12-13,17-18H,6-11H2,1H3,(H,19,20);1H. The van der Waals surface area contributed by atoms with E-state index in [0.29, 0.717) is 18.3 Å². The molecule has 0 saturated carbocycles. The maximum atomic E-state index is 12.2. The van der Waals surface area contributed by atoms with E-state index in [1.54, 1.807) is 0 Å². The largest absolute Gasteiger partial charge is 0.349 e. The summed E-state index contributed by atoms with van der Waals surface area (Å²) < 4.78 is 0. The number of carbonyl (C=O) groups excluding carboxylic acids is 1. The molecule has 0 radical (unpaired) electrons. The molecule has 1 fully saturated rings. The highest BCUT2D eigenvalue weighted by molar-refractivity contribution is 5.85. The minimum atomic E-state index is 0. The number of carbonyl (C=O) groups is 1. The maximum absolute atomic E-state index is 12.2. The fraction of sp³-hybridized carbons (Fsp3) is 0.588. The Labute approximate surface area is 133 Å². The van der Waals surface area contributed by atoms with Crippen LogP contribution in [0.5, 0.6) is 0 Å². The molecule has 3 nitrogen and oxygen atoms in total. The van der Waals surface area contributed by atoms with E-state index in [1.165, 1.54) is 17.5 Å². The van der Waals surface area contributed by atoms with Crippen LogP contribution < -0.4 is 10.6 Å². The second-order valence-electron chi connectivity index (χ2n) is 6.32. The Morgan fingerprint density at radius 1 is 1.38 bits per heavy atom. The molecule has 1 aliphatic heterocycles. The summed E-state index contributed by atoms with van der Waals surface area (Å²) in [6, 6.07) is 8.70. The zero-order valence-corrected chi connectivity index (χ0v) is 13.4. The van der Waals surface area contributed by atoms with Crippen molar-refractivity contribution in [3.05, 3.63) is 35.4 Å². The van der Waals surface area contributed by atoms with Gasteiger partial charge in [0.25, 0.3) is 0 Å². The molecule has 0 aromatic heterocycles. The number of hydrogen-bond acceptors (Lipinski definition) is 2. The number of hydrogen-bond donors (Lipinski definition) is 2. The zero-order valence-electron chi connectivity index (χ0n) is 12.6. The van der Waals surface area contributed by atoms with Gasteiger partial charge in [-0.2, -0.15) is 0 Å². The summed E-state index contributed by atoms with van der Waals surface area (Å²) in [5, 5.41) is 6.61. The van der Waals surface area contributed by atoms with E-state index in [4.69, 9.17) is 0 Å². The molecule has 1 saturated heterocycles. The van der Waals surface area contributed by atoms with Crippen molar-refractivity contribution >= 4 is 18.3 Å². The van der Waals surface area contributed by atoms with Gasteiger partial charge in [0.05, 0.1) is 6.04 Å². The molecule has 1 aliphatic carbocycles. The summed E-state index contributed by atoms with van der Waals surface area (Å²) in [4.78, 5) is 12.2. The van der Waals surface area contributed by atoms with Crippen LogP contribution in [0.1, 0.15) is 43.4 Å². The molecule has 1 heterocycles. The van der Waals surface area contributed by atoms with Gasteiger partial charge >= 0.3 is 0 Å². The summed E-state index contributed by atoms with van der Waals surface area (Å²) in [7, 11) is 0.